The standard InChI is InChI=1S/C12H13N3O3/c1-9-6-10(2-3-12(9)15(16)17)14-4-5-18-11(7-13)8-14/h2-3,6,11H,4-5,8H2,1H3. The highest BCUT2D eigenvalue weighted by Crippen LogP contribution is 2.25. The van der Waals surface area contributed by atoms with Crippen molar-refractivity contribution in [3.8, 4) is 6.07 Å². The average Bonchev–Trinajstić information content (AvgIpc) is 2.38. The third kappa shape index (κ3) is 2.41. The van der Waals surface area contributed by atoms with Crippen LogP contribution in [0.25, 0.3) is 0 Å². The molecule has 0 N–H and O–H groups in total. The summed E-state index contributed by atoms with van der Waals surface area (Å²) in [4.78, 5) is 12.4. The first-order valence-corrected chi connectivity index (χ1v) is 5.63. The summed E-state index contributed by atoms with van der Waals surface area (Å²) in [6.45, 7) is 3.39. The SMILES string of the molecule is Cc1cc(N2CCOC(C#N)C2)ccc1[N+](=O)[O-]. The summed E-state index contributed by atoms with van der Waals surface area (Å²) in [6, 6.07) is 7.07. The molecule has 1 atom stereocenters. The Hall–Kier alpha value is -2.13. The summed E-state index contributed by atoms with van der Waals surface area (Å²) in [6.07, 6.45) is -0.436. The molecular formula is C12H13N3O3. The normalized spacial score (nSPS) is 19.3. The first kappa shape index (κ1) is 12.3. The zero-order valence-corrected chi connectivity index (χ0v) is 10.00. The number of benzene rings is 1. The molecule has 1 aromatic rings. The lowest BCUT2D eigenvalue weighted by atomic mass is 10.1. The van der Waals surface area contributed by atoms with Crippen molar-refractivity contribution in [3.63, 3.8) is 0 Å². The van der Waals surface area contributed by atoms with Gasteiger partial charge in [0.1, 0.15) is 0 Å². The van der Waals surface area contributed by atoms with Crippen molar-refractivity contribution < 1.29 is 9.66 Å². The van der Waals surface area contributed by atoms with Crippen LogP contribution in [0.4, 0.5) is 11.4 Å². The highest BCUT2D eigenvalue weighted by molar-refractivity contribution is 5.55. The van der Waals surface area contributed by atoms with Gasteiger partial charge in [-0.15, -0.1) is 0 Å². The lowest BCUT2D eigenvalue weighted by molar-refractivity contribution is -0.385. The molecule has 1 heterocycles. The predicted octanol–water partition coefficient (Wildman–Crippen LogP) is 1.63. The maximum Gasteiger partial charge on any atom is 0.272 e. The molecule has 1 aromatic carbocycles. The van der Waals surface area contributed by atoms with E-state index in [1.54, 1.807) is 19.1 Å². The van der Waals surface area contributed by atoms with Crippen LogP contribution >= 0.6 is 0 Å². The summed E-state index contributed by atoms with van der Waals surface area (Å²) < 4.78 is 5.26. The van der Waals surface area contributed by atoms with Gasteiger partial charge in [0.25, 0.3) is 5.69 Å². The van der Waals surface area contributed by atoms with E-state index < -0.39 is 11.0 Å². The molecule has 1 aliphatic rings. The average molecular weight is 247 g/mol. The third-order valence-electron chi connectivity index (χ3n) is 2.95. The number of nitro benzene ring substituents is 1. The fourth-order valence-electron chi connectivity index (χ4n) is 2.00. The topological polar surface area (TPSA) is 79.4 Å². The van der Waals surface area contributed by atoms with Gasteiger partial charge in [-0.2, -0.15) is 5.26 Å². The zero-order valence-electron chi connectivity index (χ0n) is 10.00. The fraction of sp³-hybridized carbons (Fsp3) is 0.417. The van der Waals surface area contributed by atoms with Crippen molar-refractivity contribution in [1.29, 1.82) is 5.26 Å². The van der Waals surface area contributed by atoms with Crippen LogP contribution in [0.5, 0.6) is 0 Å². The van der Waals surface area contributed by atoms with E-state index in [0.29, 0.717) is 25.3 Å². The first-order chi connectivity index (χ1) is 8.61. The van der Waals surface area contributed by atoms with Crippen LogP contribution in [0, 0.1) is 28.4 Å². The van der Waals surface area contributed by atoms with Gasteiger partial charge >= 0.3 is 0 Å². The number of rotatable bonds is 2. The Bertz CT molecular complexity index is 510. The molecule has 1 unspecified atom stereocenters. The number of ether oxygens (including phenoxy) is 1. The van der Waals surface area contributed by atoms with Crippen molar-refractivity contribution >= 4 is 11.4 Å². The number of hydrogen-bond donors (Lipinski definition) is 0. The lowest BCUT2D eigenvalue weighted by Gasteiger charge is -2.31. The molecule has 94 valence electrons. The van der Waals surface area contributed by atoms with Crippen LogP contribution in [0.3, 0.4) is 0 Å². The summed E-state index contributed by atoms with van der Waals surface area (Å²) in [5, 5.41) is 19.6. The lowest BCUT2D eigenvalue weighted by Crippen LogP contribution is -2.41. The Balaban J connectivity index is 2.21. The molecule has 1 fully saturated rings. The minimum atomic E-state index is -0.436. The van der Waals surface area contributed by atoms with Crippen LogP contribution in [0.2, 0.25) is 0 Å². The molecule has 0 aliphatic carbocycles. The first-order valence-electron chi connectivity index (χ1n) is 5.63. The van der Waals surface area contributed by atoms with Crippen molar-refractivity contribution in [2.75, 3.05) is 24.6 Å². The van der Waals surface area contributed by atoms with Gasteiger partial charge in [-0.3, -0.25) is 10.1 Å². The second-order valence-corrected chi connectivity index (χ2v) is 4.16. The smallest absolute Gasteiger partial charge is 0.272 e. The maximum absolute atomic E-state index is 10.7. The minimum absolute atomic E-state index is 0.115. The highest BCUT2D eigenvalue weighted by atomic mass is 16.6. The maximum atomic E-state index is 10.7. The molecule has 0 aromatic heterocycles. The Morgan fingerprint density at radius 3 is 3.00 bits per heavy atom. The molecule has 0 saturated carbocycles. The number of nitrogens with zero attached hydrogens (tertiary/aromatic N) is 3. The number of anilines is 1. The molecule has 0 spiro atoms. The van der Waals surface area contributed by atoms with E-state index in [1.807, 2.05) is 4.90 Å². The second-order valence-electron chi connectivity index (χ2n) is 4.16. The Labute approximate surface area is 105 Å². The van der Waals surface area contributed by atoms with Gasteiger partial charge in [0.15, 0.2) is 6.10 Å². The van der Waals surface area contributed by atoms with Crippen molar-refractivity contribution in [3.05, 3.63) is 33.9 Å². The van der Waals surface area contributed by atoms with Gasteiger partial charge in [-0.25, -0.2) is 0 Å². The largest absolute Gasteiger partial charge is 0.366 e. The zero-order chi connectivity index (χ0) is 13.1. The molecule has 0 amide bonds. The third-order valence-corrected chi connectivity index (χ3v) is 2.95. The molecular weight excluding hydrogens is 234 g/mol. The monoisotopic (exact) mass is 247 g/mol. The summed E-state index contributed by atoms with van der Waals surface area (Å²) in [5.41, 5.74) is 1.63. The van der Waals surface area contributed by atoms with Gasteiger partial charge < -0.3 is 9.64 Å². The van der Waals surface area contributed by atoms with Crippen LogP contribution in [-0.2, 0) is 4.74 Å². The van der Waals surface area contributed by atoms with Gasteiger partial charge in [0.2, 0.25) is 0 Å². The van der Waals surface area contributed by atoms with Crippen LogP contribution in [0.1, 0.15) is 5.56 Å². The predicted molar refractivity (Wildman–Crippen MR) is 65.4 cm³/mol. The van der Waals surface area contributed by atoms with Gasteiger partial charge in [0, 0.05) is 23.9 Å². The summed E-state index contributed by atoms with van der Waals surface area (Å²) >= 11 is 0. The molecule has 1 saturated heterocycles. The minimum Gasteiger partial charge on any atom is -0.366 e. The van der Waals surface area contributed by atoms with Crippen LogP contribution < -0.4 is 4.90 Å². The van der Waals surface area contributed by atoms with Gasteiger partial charge in [-0.1, -0.05) is 0 Å². The second kappa shape index (κ2) is 5.02. The number of nitro groups is 1. The fourth-order valence-corrected chi connectivity index (χ4v) is 2.00. The van der Waals surface area contributed by atoms with E-state index in [0.717, 1.165) is 5.69 Å². The number of nitriles is 1. The molecule has 6 heteroatoms. The van der Waals surface area contributed by atoms with Gasteiger partial charge in [-0.05, 0) is 19.1 Å². The van der Waals surface area contributed by atoms with Crippen LogP contribution in [0.15, 0.2) is 18.2 Å². The number of morpholine rings is 1. The Kier molecular flexibility index (Phi) is 3.44. The summed E-state index contributed by atoms with van der Waals surface area (Å²) in [7, 11) is 0. The number of hydrogen-bond acceptors (Lipinski definition) is 5. The van der Waals surface area contributed by atoms with E-state index in [2.05, 4.69) is 6.07 Å². The van der Waals surface area contributed by atoms with Crippen LogP contribution in [-0.4, -0.2) is 30.7 Å². The molecule has 18 heavy (non-hydrogen) atoms. The van der Waals surface area contributed by atoms with Crippen molar-refractivity contribution in [2.45, 2.75) is 13.0 Å². The molecule has 0 radical (unpaired) electrons. The van der Waals surface area contributed by atoms with Gasteiger partial charge in [0.05, 0.1) is 24.1 Å². The van der Waals surface area contributed by atoms with Crippen molar-refractivity contribution in [2.24, 2.45) is 0 Å². The Morgan fingerprint density at radius 2 is 2.39 bits per heavy atom. The Morgan fingerprint density at radius 1 is 1.61 bits per heavy atom. The van der Waals surface area contributed by atoms with E-state index in [4.69, 9.17) is 10.00 Å². The van der Waals surface area contributed by atoms with E-state index in [-0.39, 0.29) is 5.69 Å². The number of aryl methyl sites for hydroxylation is 1. The molecule has 1 aliphatic heterocycles. The van der Waals surface area contributed by atoms with E-state index in [9.17, 15) is 10.1 Å². The molecule has 0 bridgehead atoms. The molecule has 6 nitrogen and oxygen atoms in total. The van der Waals surface area contributed by atoms with E-state index >= 15 is 0 Å². The quantitative estimate of drug-likeness (QED) is 0.586. The summed E-state index contributed by atoms with van der Waals surface area (Å²) in [5.74, 6) is 0. The van der Waals surface area contributed by atoms with Crippen molar-refractivity contribution in [1.82, 2.24) is 0 Å². The van der Waals surface area contributed by atoms with E-state index in [1.165, 1.54) is 6.07 Å². The molecule has 2 rings (SSSR count). The highest BCUT2D eigenvalue weighted by Gasteiger charge is 2.21.